The Morgan fingerprint density at radius 1 is 1.17 bits per heavy atom. The number of carboxylic acid groups (broad SMARTS) is 1. The third-order valence-corrected chi connectivity index (χ3v) is 6.14. The Morgan fingerprint density at radius 3 is 2.52 bits per heavy atom. The average molecular weight is 394 g/mol. The number of aliphatic carboxylic acids is 1. The van der Waals surface area contributed by atoms with E-state index in [0.717, 1.165) is 37.1 Å². The third kappa shape index (κ3) is 3.95. The number of hydrogen-bond acceptors (Lipinski definition) is 5. The SMILES string of the molecule is Cc1nc(N)c2c(n1)CCN(c1ccc([C@H]3CC[C@H](CC(=O)O)CC3)cc1)C2=O. The summed E-state index contributed by atoms with van der Waals surface area (Å²) >= 11 is 0. The summed E-state index contributed by atoms with van der Waals surface area (Å²) in [4.78, 5) is 34.1. The highest BCUT2D eigenvalue weighted by molar-refractivity contribution is 6.10. The molecule has 1 aromatic heterocycles. The van der Waals surface area contributed by atoms with Crippen molar-refractivity contribution in [3.8, 4) is 0 Å². The van der Waals surface area contributed by atoms with Crippen LogP contribution in [0.4, 0.5) is 11.5 Å². The number of nitrogen functional groups attached to an aromatic ring is 1. The molecule has 1 fully saturated rings. The molecule has 7 heteroatoms. The zero-order chi connectivity index (χ0) is 20.5. The Morgan fingerprint density at radius 2 is 1.86 bits per heavy atom. The molecule has 2 aliphatic rings. The van der Waals surface area contributed by atoms with Crippen LogP contribution < -0.4 is 10.6 Å². The van der Waals surface area contributed by atoms with Crippen LogP contribution in [0.3, 0.4) is 0 Å². The topological polar surface area (TPSA) is 109 Å². The number of nitrogens with two attached hydrogens (primary N) is 1. The largest absolute Gasteiger partial charge is 0.481 e. The first-order valence-corrected chi connectivity index (χ1v) is 10.2. The number of aryl methyl sites for hydroxylation is 1. The number of hydrogen-bond donors (Lipinski definition) is 2. The highest BCUT2D eigenvalue weighted by Crippen LogP contribution is 2.38. The molecule has 1 aliphatic heterocycles. The van der Waals surface area contributed by atoms with E-state index in [2.05, 4.69) is 22.1 Å². The van der Waals surface area contributed by atoms with Crippen molar-refractivity contribution in [1.82, 2.24) is 9.97 Å². The summed E-state index contributed by atoms with van der Waals surface area (Å²) in [6.45, 7) is 2.35. The molecular weight excluding hydrogens is 368 g/mol. The smallest absolute Gasteiger partial charge is 0.303 e. The first kappa shape index (κ1) is 19.4. The Balaban J connectivity index is 1.46. The van der Waals surface area contributed by atoms with E-state index in [1.54, 1.807) is 11.8 Å². The van der Waals surface area contributed by atoms with E-state index >= 15 is 0 Å². The molecule has 3 N–H and O–H groups in total. The van der Waals surface area contributed by atoms with Crippen molar-refractivity contribution in [2.75, 3.05) is 17.2 Å². The minimum Gasteiger partial charge on any atom is -0.481 e. The molecule has 0 atom stereocenters. The predicted octanol–water partition coefficient (Wildman–Crippen LogP) is 3.32. The van der Waals surface area contributed by atoms with Crippen molar-refractivity contribution in [2.45, 2.75) is 51.4 Å². The van der Waals surface area contributed by atoms with Gasteiger partial charge in [0.1, 0.15) is 17.2 Å². The highest BCUT2D eigenvalue weighted by atomic mass is 16.4. The molecule has 0 unspecified atom stereocenters. The van der Waals surface area contributed by atoms with Crippen LogP contribution in [-0.4, -0.2) is 33.5 Å². The standard InChI is InChI=1S/C22H26N4O3/c1-13-24-18-10-11-26(22(29)20(18)21(23)25-13)17-8-6-16(7-9-17)15-4-2-14(3-5-15)12-19(27)28/h6-9,14-15H,2-5,10-12H2,1H3,(H,27,28)(H2,23,24,25)/t14-,15-. The van der Waals surface area contributed by atoms with Crippen molar-refractivity contribution in [1.29, 1.82) is 0 Å². The summed E-state index contributed by atoms with van der Waals surface area (Å²) < 4.78 is 0. The number of carbonyl (C=O) groups excluding carboxylic acids is 1. The number of carbonyl (C=O) groups is 2. The third-order valence-electron chi connectivity index (χ3n) is 6.14. The molecule has 0 spiro atoms. The molecule has 0 radical (unpaired) electrons. The van der Waals surface area contributed by atoms with Gasteiger partial charge in [0.15, 0.2) is 0 Å². The number of anilines is 2. The summed E-state index contributed by atoms with van der Waals surface area (Å²) in [5.74, 6) is 0.739. The molecule has 152 valence electrons. The fourth-order valence-corrected chi connectivity index (χ4v) is 4.64. The lowest BCUT2D eigenvalue weighted by atomic mass is 9.77. The van der Waals surface area contributed by atoms with E-state index in [9.17, 15) is 9.59 Å². The number of carboxylic acids is 1. The quantitative estimate of drug-likeness (QED) is 0.823. The number of aromatic nitrogens is 2. The van der Waals surface area contributed by atoms with Crippen LogP contribution >= 0.6 is 0 Å². The van der Waals surface area contributed by atoms with Gasteiger partial charge in [-0.2, -0.15) is 0 Å². The molecule has 1 amide bonds. The summed E-state index contributed by atoms with van der Waals surface area (Å²) in [6, 6.07) is 8.17. The van der Waals surface area contributed by atoms with Crippen LogP contribution in [0.2, 0.25) is 0 Å². The molecule has 4 rings (SSSR count). The molecule has 2 heterocycles. The second-order valence-corrected chi connectivity index (χ2v) is 8.09. The van der Waals surface area contributed by atoms with Gasteiger partial charge in [0.25, 0.3) is 5.91 Å². The van der Waals surface area contributed by atoms with Gasteiger partial charge in [-0.05, 0) is 62.1 Å². The summed E-state index contributed by atoms with van der Waals surface area (Å²) in [7, 11) is 0. The Kier molecular flexibility index (Phi) is 5.22. The van der Waals surface area contributed by atoms with Crippen LogP contribution in [0.25, 0.3) is 0 Å². The Bertz CT molecular complexity index is 934. The minimum atomic E-state index is -0.702. The van der Waals surface area contributed by atoms with E-state index in [-0.39, 0.29) is 18.1 Å². The van der Waals surface area contributed by atoms with Crippen molar-refractivity contribution >= 4 is 23.4 Å². The molecule has 29 heavy (non-hydrogen) atoms. The van der Waals surface area contributed by atoms with E-state index < -0.39 is 5.97 Å². The molecule has 7 nitrogen and oxygen atoms in total. The van der Waals surface area contributed by atoms with Crippen molar-refractivity contribution in [3.05, 3.63) is 46.9 Å². The molecule has 0 bridgehead atoms. The fraction of sp³-hybridized carbons (Fsp3) is 0.455. The van der Waals surface area contributed by atoms with Crippen LogP contribution in [0.5, 0.6) is 0 Å². The zero-order valence-corrected chi connectivity index (χ0v) is 16.6. The maximum Gasteiger partial charge on any atom is 0.303 e. The second-order valence-electron chi connectivity index (χ2n) is 8.09. The summed E-state index contributed by atoms with van der Waals surface area (Å²) in [6.07, 6.45) is 4.87. The predicted molar refractivity (Wildman–Crippen MR) is 110 cm³/mol. The molecule has 0 saturated heterocycles. The number of nitrogens with zero attached hydrogens (tertiary/aromatic N) is 3. The lowest BCUT2D eigenvalue weighted by Gasteiger charge is -2.30. The Labute approximate surface area is 170 Å². The maximum atomic E-state index is 13.0. The zero-order valence-electron chi connectivity index (χ0n) is 16.6. The normalized spacial score (nSPS) is 21.7. The van der Waals surface area contributed by atoms with Gasteiger partial charge in [0.05, 0.1) is 5.69 Å². The molecule has 1 saturated carbocycles. The Hall–Kier alpha value is -2.96. The summed E-state index contributed by atoms with van der Waals surface area (Å²) in [5.41, 5.74) is 9.25. The number of rotatable bonds is 4. The molecule has 1 aliphatic carbocycles. The second kappa shape index (κ2) is 7.81. The van der Waals surface area contributed by atoms with Crippen LogP contribution in [0.15, 0.2) is 24.3 Å². The molecule has 2 aromatic rings. The summed E-state index contributed by atoms with van der Waals surface area (Å²) in [5, 5.41) is 8.97. The van der Waals surface area contributed by atoms with Crippen molar-refractivity contribution < 1.29 is 14.7 Å². The van der Waals surface area contributed by atoms with Crippen molar-refractivity contribution in [2.24, 2.45) is 5.92 Å². The van der Waals surface area contributed by atoms with Crippen LogP contribution in [-0.2, 0) is 11.2 Å². The lowest BCUT2D eigenvalue weighted by Crippen LogP contribution is -2.39. The molecule has 1 aromatic carbocycles. The van der Waals surface area contributed by atoms with Crippen LogP contribution in [0.1, 0.15) is 65.5 Å². The van der Waals surface area contributed by atoms with Gasteiger partial charge in [0.2, 0.25) is 0 Å². The lowest BCUT2D eigenvalue weighted by molar-refractivity contribution is -0.138. The highest BCUT2D eigenvalue weighted by Gasteiger charge is 2.30. The number of amides is 1. The van der Waals surface area contributed by atoms with E-state index in [1.165, 1.54) is 5.56 Å². The monoisotopic (exact) mass is 394 g/mol. The van der Waals surface area contributed by atoms with Gasteiger partial charge < -0.3 is 15.7 Å². The van der Waals surface area contributed by atoms with Gasteiger partial charge in [-0.3, -0.25) is 9.59 Å². The van der Waals surface area contributed by atoms with Crippen molar-refractivity contribution in [3.63, 3.8) is 0 Å². The minimum absolute atomic E-state index is 0.148. The van der Waals surface area contributed by atoms with Crippen LogP contribution in [0, 0.1) is 12.8 Å². The number of benzene rings is 1. The van der Waals surface area contributed by atoms with E-state index in [0.29, 0.717) is 36.2 Å². The maximum absolute atomic E-state index is 13.0. The fourth-order valence-electron chi connectivity index (χ4n) is 4.64. The van der Waals surface area contributed by atoms with Gasteiger partial charge in [-0.15, -0.1) is 0 Å². The van der Waals surface area contributed by atoms with E-state index in [4.69, 9.17) is 10.8 Å². The van der Waals surface area contributed by atoms with Gasteiger partial charge in [-0.25, -0.2) is 9.97 Å². The first-order chi connectivity index (χ1) is 13.9. The van der Waals surface area contributed by atoms with Gasteiger partial charge in [-0.1, -0.05) is 12.1 Å². The average Bonchev–Trinajstić information content (AvgIpc) is 2.68. The van der Waals surface area contributed by atoms with E-state index in [1.807, 2.05) is 12.1 Å². The number of fused-ring (bicyclic) bond motifs is 1. The van der Waals surface area contributed by atoms with Gasteiger partial charge in [0, 0.05) is 25.1 Å². The first-order valence-electron chi connectivity index (χ1n) is 10.2. The molecular formula is C22H26N4O3. The van der Waals surface area contributed by atoms with Gasteiger partial charge >= 0.3 is 5.97 Å².